The van der Waals surface area contributed by atoms with E-state index in [0.717, 1.165) is 5.56 Å². The van der Waals surface area contributed by atoms with Gasteiger partial charge in [0.2, 0.25) is 0 Å². The number of hydrogen-bond donors (Lipinski definition) is 2. The molecule has 6 nitrogen and oxygen atoms in total. The maximum atomic E-state index is 12.4. The van der Waals surface area contributed by atoms with Crippen LogP contribution in [-0.4, -0.2) is 25.5 Å². The molecule has 0 aromatic heterocycles. The maximum absolute atomic E-state index is 12.4. The number of hydrogen-bond acceptors (Lipinski definition) is 4. The predicted molar refractivity (Wildman–Crippen MR) is 99.7 cm³/mol. The molecular formula is C20H22F2N2O4. The van der Waals surface area contributed by atoms with Crippen LogP contribution in [0.15, 0.2) is 42.5 Å². The largest absolute Gasteiger partial charge is 0.493 e. The Hall–Kier alpha value is -3.16. The molecule has 0 unspecified atom stereocenters. The molecule has 0 aliphatic carbocycles. The van der Waals surface area contributed by atoms with Crippen molar-refractivity contribution in [1.82, 2.24) is 10.9 Å². The van der Waals surface area contributed by atoms with Gasteiger partial charge in [0.15, 0.2) is 11.5 Å². The number of carbonyl (C=O) groups is 2. The van der Waals surface area contributed by atoms with Crippen LogP contribution in [0.5, 0.6) is 11.5 Å². The fourth-order valence-electron chi connectivity index (χ4n) is 2.38. The van der Waals surface area contributed by atoms with Gasteiger partial charge >= 0.3 is 6.61 Å². The van der Waals surface area contributed by atoms with Gasteiger partial charge in [0.05, 0.1) is 7.11 Å². The Kier molecular flexibility index (Phi) is 6.56. The summed E-state index contributed by atoms with van der Waals surface area (Å²) in [6.45, 7) is 3.17. The fourth-order valence-corrected chi connectivity index (χ4v) is 2.38. The van der Waals surface area contributed by atoms with E-state index in [4.69, 9.17) is 4.74 Å². The molecule has 28 heavy (non-hydrogen) atoms. The number of rotatable bonds is 5. The molecule has 0 spiro atoms. The van der Waals surface area contributed by atoms with E-state index < -0.39 is 18.4 Å². The lowest BCUT2D eigenvalue weighted by molar-refractivity contribution is -0.0512. The topological polar surface area (TPSA) is 76.7 Å². The van der Waals surface area contributed by atoms with Crippen molar-refractivity contribution in [2.24, 2.45) is 0 Å². The van der Waals surface area contributed by atoms with Crippen LogP contribution in [-0.2, 0) is 5.41 Å². The molecule has 0 saturated carbocycles. The van der Waals surface area contributed by atoms with Gasteiger partial charge in [-0.25, -0.2) is 0 Å². The summed E-state index contributed by atoms with van der Waals surface area (Å²) < 4.78 is 34.0. The zero-order valence-corrected chi connectivity index (χ0v) is 16.0. The highest BCUT2D eigenvalue weighted by Crippen LogP contribution is 2.29. The molecule has 0 aliphatic heterocycles. The highest BCUT2D eigenvalue weighted by molar-refractivity contribution is 5.99. The third kappa shape index (κ3) is 5.42. The van der Waals surface area contributed by atoms with E-state index in [1.807, 2.05) is 12.1 Å². The summed E-state index contributed by atoms with van der Waals surface area (Å²) in [5.41, 5.74) is 6.10. The van der Waals surface area contributed by atoms with Crippen LogP contribution in [0.25, 0.3) is 0 Å². The number of benzene rings is 2. The van der Waals surface area contributed by atoms with Gasteiger partial charge in [-0.3, -0.25) is 20.4 Å². The Morgan fingerprint density at radius 2 is 1.43 bits per heavy atom. The number of hydrazine groups is 1. The summed E-state index contributed by atoms with van der Waals surface area (Å²) in [5.74, 6) is -1.35. The number of alkyl halides is 2. The lowest BCUT2D eigenvalue weighted by Gasteiger charge is -2.19. The number of nitrogens with one attached hydrogen (secondary N) is 2. The Balaban J connectivity index is 2.02. The Morgan fingerprint density at radius 1 is 0.893 bits per heavy atom. The quantitative estimate of drug-likeness (QED) is 0.762. The van der Waals surface area contributed by atoms with Gasteiger partial charge in [-0.15, -0.1) is 0 Å². The molecule has 2 aromatic carbocycles. The summed E-state index contributed by atoms with van der Waals surface area (Å²) >= 11 is 0. The van der Waals surface area contributed by atoms with E-state index in [9.17, 15) is 18.4 Å². The minimum atomic E-state index is -3.02. The minimum Gasteiger partial charge on any atom is -0.493 e. The van der Waals surface area contributed by atoms with E-state index in [-0.39, 0.29) is 22.5 Å². The first-order valence-corrected chi connectivity index (χ1v) is 8.46. The molecule has 2 aromatic rings. The van der Waals surface area contributed by atoms with Gasteiger partial charge in [-0.05, 0) is 41.3 Å². The Morgan fingerprint density at radius 3 is 1.93 bits per heavy atom. The predicted octanol–water partition coefficient (Wildman–Crippen LogP) is 3.67. The van der Waals surface area contributed by atoms with E-state index in [2.05, 4.69) is 36.4 Å². The van der Waals surface area contributed by atoms with E-state index in [0.29, 0.717) is 5.56 Å². The molecule has 2 N–H and O–H groups in total. The molecule has 150 valence electrons. The number of amides is 2. The van der Waals surface area contributed by atoms with Crippen molar-refractivity contribution in [3.05, 3.63) is 59.2 Å². The third-order valence-corrected chi connectivity index (χ3v) is 3.94. The van der Waals surface area contributed by atoms with Crippen molar-refractivity contribution in [3.63, 3.8) is 0 Å². The van der Waals surface area contributed by atoms with E-state index in [1.165, 1.54) is 25.3 Å². The summed E-state index contributed by atoms with van der Waals surface area (Å²) in [7, 11) is 1.26. The zero-order valence-electron chi connectivity index (χ0n) is 16.0. The third-order valence-electron chi connectivity index (χ3n) is 3.94. The monoisotopic (exact) mass is 392 g/mol. The van der Waals surface area contributed by atoms with Crippen LogP contribution in [0.4, 0.5) is 8.78 Å². The molecule has 0 radical (unpaired) electrons. The highest BCUT2D eigenvalue weighted by atomic mass is 19.3. The maximum Gasteiger partial charge on any atom is 0.387 e. The molecule has 0 atom stereocenters. The summed E-state index contributed by atoms with van der Waals surface area (Å²) in [4.78, 5) is 24.4. The second kappa shape index (κ2) is 8.69. The zero-order chi connectivity index (χ0) is 20.9. The van der Waals surface area contributed by atoms with Gasteiger partial charge in [0.25, 0.3) is 11.8 Å². The average molecular weight is 392 g/mol. The van der Waals surface area contributed by atoms with Crippen LogP contribution >= 0.6 is 0 Å². The smallest absolute Gasteiger partial charge is 0.387 e. The van der Waals surface area contributed by atoms with Crippen LogP contribution in [0.3, 0.4) is 0 Å². The van der Waals surface area contributed by atoms with E-state index >= 15 is 0 Å². The lowest BCUT2D eigenvalue weighted by Crippen LogP contribution is -2.41. The van der Waals surface area contributed by atoms with Gasteiger partial charge in [-0.2, -0.15) is 8.78 Å². The number of carbonyl (C=O) groups excluding carboxylic acids is 2. The number of ether oxygens (including phenoxy) is 2. The Bertz CT molecular complexity index is 846. The molecular weight excluding hydrogens is 370 g/mol. The van der Waals surface area contributed by atoms with Crippen molar-refractivity contribution in [2.75, 3.05) is 7.11 Å². The summed E-state index contributed by atoms with van der Waals surface area (Å²) in [6.07, 6.45) is 0. The van der Waals surface area contributed by atoms with Crippen molar-refractivity contribution >= 4 is 11.8 Å². The van der Waals surface area contributed by atoms with E-state index in [1.54, 1.807) is 12.1 Å². The second-order valence-corrected chi connectivity index (χ2v) is 6.98. The van der Waals surface area contributed by atoms with Gasteiger partial charge in [-0.1, -0.05) is 32.9 Å². The molecule has 2 amide bonds. The number of halogens is 2. The molecule has 0 aliphatic rings. The normalized spacial score (nSPS) is 11.1. The first-order chi connectivity index (χ1) is 13.1. The average Bonchev–Trinajstić information content (AvgIpc) is 2.65. The molecule has 0 saturated heterocycles. The highest BCUT2D eigenvalue weighted by Gasteiger charge is 2.16. The SMILES string of the molecule is COc1cc(C(=O)NNC(=O)c2ccc(C(C)(C)C)cc2)ccc1OC(F)F. The van der Waals surface area contributed by atoms with Crippen molar-refractivity contribution in [2.45, 2.75) is 32.8 Å². The number of methoxy groups -OCH3 is 1. The summed E-state index contributed by atoms with van der Waals surface area (Å²) in [6, 6.07) is 10.7. The second-order valence-electron chi connectivity index (χ2n) is 6.98. The minimum absolute atomic E-state index is 0.0305. The van der Waals surface area contributed by atoms with Crippen molar-refractivity contribution in [3.8, 4) is 11.5 Å². The van der Waals surface area contributed by atoms with Crippen LogP contribution in [0.1, 0.15) is 47.1 Å². The molecule has 0 bridgehead atoms. The Labute approximate surface area is 161 Å². The van der Waals surface area contributed by atoms with Crippen molar-refractivity contribution in [1.29, 1.82) is 0 Å². The van der Waals surface area contributed by atoms with Gasteiger partial charge in [0, 0.05) is 11.1 Å². The fraction of sp³-hybridized carbons (Fsp3) is 0.300. The molecule has 0 heterocycles. The lowest BCUT2D eigenvalue weighted by atomic mass is 9.87. The van der Waals surface area contributed by atoms with Crippen LogP contribution in [0.2, 0.25) is 0 Å². The molecule has 8 heteroatoms. The molecule has 0 fully saturated rings. The van der Waals surface area contributed by atoms with Crippen LogP contribution < -0.4 is 20.3 Å². The van der Waals surface area contributed by atoms with Crippen molar-refractivity contribution < 1.29 is 27.8 Å². The first-order valence-electron chi connectivity index (χ1n) is 8.46. The summed E-state index contributed by atoms with van der Waals surface area (Å²) in [5, 5.41) is 0. The molecule has 2 rings (SSSR count). The standard InChI is InChI=1S/C20H22F2N2O4/c1-20(2,3)14-8-5-12(6-9-14)17(25)23-24-18(26)13-7-10-15(28-19(21)22)16(11-13)27-4/h5-11,19H,1-4H3,(H,23,25)(H,24,26). The van der Waals surface area contributed by atoms with Crippen LogP contribution in [0, 0.1) is 0 Å². The first kappa shape index (κ1) is 21.1. The van der Waals surface area contributed by atoms with Gasteiger partial charge < -0.3 is 9.47 Å². The van der Waals surface area contributed by atoms with Gasteiger partial charge in [0.1, 0.15) is 0 Å².